The van der Waals surface area contributed by atoms with Gasteiger partial charge in [0.1, 0.15) is 13.2 Å². The van der Waals surface area contributed by atoms with E-state index in [1.54, 1.807) is 0 Å². The van der Waals surface area contributed by atoms with Gasteiger partial charge in [0.25, 0.3) is 5.92 Å². The topological polar surface area (TPSA) is 52.6 Å². The van der Waals surface area contributed by atoms with E-state index in [0.717, 1.165) is 0 Å². The van der Waals surface area contributed by atoms with Crippen molar-refractivity contribution in [1.82, 2.24) is 0 Å². The van der Waals surface area contributed by atoms with Crippen LogP contribution in [0.25, 0.3) is 0 Å². The lowest BCUT2D eigenvalue weighted by atomic mass is 9.33. The summed E-state index contributed by atoms with van der Waals surface area (Å²) in [5, 5.41) is 0. The van der Waals surface area contributed by atoms with Gasteiger partial charge in [0.2, 0.25) is 10.8 Å². The molecule has 0 N–H and O–H groups in total. The van der Waals surface area contributed by atoms with Crippen LogP contribution in [-0.2, 0) is 19.1 Å². The van der Waals surface area contributed by atoms with Crippen molar-refractivity contribution in [3.63, 3.8) is 0 Å². The molecule has 0 saturated heterocycles. The SMILES string of the molecule is C=CC(=O)OCC12C(F)(F)C3(F)C(F)(F)C(F)(C1(F)F)C(F)(F)C(COC(=O)C=C)(C3(F)F)C2(F)F. The Labute approximate surface area is 189 Å². The minimum absolute atomic E-state index is 0.106. The predicted octanol–water partition coefficient (Wildman–Crippen LogP) is 4.69. The van der Waals surface area contributed by atoms with Gasteiger partial charge < -0.3 is 9.47 Å². The van der Waals surface area contributed by atoms with Gasteiger partial charge in [-0.25, -0.2) is 62.3 Å². The van der Waals surface area contributed by atoms with Crippen molar-refractivity contribution in [3.05, 3.63) is 25.3 Å². The van der Waals surface area contributed by atoms with Gasteiger partial charge in [-0.15, -0.1) is 0 Å². The molecule has 0 atom stereocenters. The number of hydrogen-bond acceptors (Lipinski definition) is 4. The maximum atomic E-state index is 15.6. The van der Waals surface area contributed by atoms with Crippen LogP contribution in [0.2, 0.25) is 0 Å². The summed E-state index contributed by atoms with van der Waals surface area (Å²) in [7, 11) is 0. The Hall–Kier alpha value is -2.56. The molecule has 4 aliphatic rings. The molecule has 0 aromatic heterocycles. The number of alkyl halides is 14. The smallest absolute Gasteiger partial charge is 0.338 e. The predicted molar refractivity (Wildman–Crippen MR) is 84.5 cm³/mol. The molecule has 4 aliphatic carbocycles. The number of carbonyl (C=O) groups excluding carboxylic acids is 2. The van der Waals surface area contributed by atoms with Crippen molar-refractivity contribution in [3.8, 4) is 0 Å². The van der Waals surface area contributed by atoms with E-state index in [-0.39, 0.29) is 12.2 Å². The fraction of sp³-hybridized carbons (Fsp3) is 0.667. The molecule has 0 aliphatic heterocycles. The first-order chi connectivity index (χ1) is 15.9. The molecule has 0 aromatic rings. The van der Waals surface area contributed by atoms with E-state index in [0.29, 0.717) is 0 Å². The van der Waals surface area contributed by atoms with Gasteiger partial charge in [0.05, 0.1) is 0 Å². The molecule has 4 bridgehead atoms. The summed E-state index contributed by atoms with van der Waals surface area (Å²) in [6.07, 6.45) is -0.213. The van der Waals surface area contributed by atoms with E-state index in [1.165, 1.54) is 0 Å². The summed E-state index contributed by atoms with van der Waals surface area (Å²) in [6, 6.07) is 0. The highest BCUT2D eigenvalue weighted by atomic mass is 19.3. The first-order valence-corrected chi connectivity index (χ1v) is 9.14. The van der Waals surface area contributed by atoms with Crippen LogP contribution in [0.5, 0.6) is 0 Å². The van der Waals surface area contributed by atoms with Crippen LogP contribution in [0.1, 0.15) is 0 Å². The van der Waals surface area contributed by atoms with Crippen molar-refractivity contribution < 1.29 is 80.5 Å². The molecule has 0 heterocycles. The summed E-state index contributed by atoms with van der Waals surface area (Å²) < 4.78 is 219. The average molecular weight is 556 g/mol. The molecule has 0 aromatic carbocycles. The molecule has 0 spiro atoms. The highest BCUT2D eigenvalue weighted by Gasteiger charge is 3.21. The highest BCUT2D eigenvalue weighted by Crippen LogP contribution is 2.92. The van der Waals surface area contributed by atoms with Gasteiger partial charge in [-0.05, 0) is 0 Å². The zero-order chi connectivity index (χ0) is 28.4. The van der Waals surface area contributed by atoms with E-state index >= 15 is 52.7 Å². The van der Waals surface area contributed by atoms with Crippen LogP contribution >= 0.6 is 0 Å². The van der Waals surface area contributed by atoms with Crippen molar-refractivity contribution in [1.29, 1.82) is 0 Å². The number of rotatable bonds is 6. The Balaban J connectivity index is 2.62. The molecule has 0 radical (unpaired) electrons. The lowest BCUT2D eigenvalue weighted by Crippen LogP contribution is -3.07. The lowest BCUT2D eigenvalue weighted by molar-refractivity contribution is -0.620. The Morgan fingerprint density at radius 1 is 0.500 bits per heavy atom. The second kappa shape index (κ2) is 6.65. The lowest BCUT2D eigenvalue weighted by Gasteiger charge is -2.76. The molecule has 4 rings (SSSR count). The molecule has 0 amide bonds. The second-order valence-electron chi connectivity index (χ2n) is 8.20. The Kier molecular flexibility index (Phi) is 5.18. The third-order valence-electron chi connectivity index (χ3n) is 7.01. The van der Waals surface area contributed by atoms with E-state index in [9.17, 15) is 18.4 Å². The Morgan fingerprint density at radius 3 is 0.972 bits per heavy atom. The number of carbonyl (C=O) groups is 2. The van der Waals surface area contributed by atoms with Crippen LogP contribution in [0, 0.1) is 10.8 Å². The average Bonchev–Trinajstić information content (AvgIpc) is 2.74. The van der Waals surface area contributed by atoms with Crippen LogP contribution in [0.4, 0.5) is 61.5 Å². The van der Waals surface area contributed by atoms with Crippen molar-refractivity contribution in [2.24, 2.45) is 10.8 Å². The largest absolute Gasteiger partial charge is 0.461 e. The van der Waals surface area contributed by atoms with E-state index in [4.69, 9.17) is 0 Å². The van der Waals surface area contributed by atoms with Crippen LogP contribution < -0.4 is 0 Å². The zero-order valence-electron chi connectivity index (χ0n) is 16.9. The van der Waals surface area contributed by atoms with Gasteiger partial charge in [-0.1, -0.05) is 13.2 Å². The summed E-state index contributed by atoms with van der Waals surface area (Å²) in [5.74, 6) is -49.4. The molecule has 4 saturated carbocycles. The molecular formula is C18H10F14O4. The van der Waals surface area contributed by atoms with Gasteiger partial charge in [0, 0.05) is 12.2 Å². The highest BCUT2D eigenvalue weighted by molar-refractivity contribution is 5.81. The molecule has 18 heteroatoms. The monoisotopic (exact) mass is 556 g/mol. The summed E-state index contributed by atoms with van der Waals surface area (Å²) in [4.78, 5) is 22.5. The number of ether oxygens (including phenoxy) is 2. The van der Waals surface area contributed by atoms with Gasteiger partial charge in [-0.2, -0.15) is 8.78 Å². The van der Waals surface area contributed by atoms with Gasteiger partial charge in [-0.3, -0.25) is 0 Å². The minimum Gasteiger partial charge on any atom is -0.461 e. The van der Waals surface area contributed by atoms with E-state index in [2.05, 4.69) is 22.6 Å². The summed E-state index contributed by atoms with van der Waals surface area (Å²) in [5.41, 5.74) is -28.3. The fourth-order valence-corrected chi connectivity index (χ4v) is 5.16. The summed E-state index contributed by atoms with van der Waals surface area (Å²) in [6.45, 7) is -1.70. The molecule has 36 heavy (non-hydrogen) atoms. The third kappa shape index (κ3) is 1.98. The number of halogens is 14. The normalized spacial score (nSPS) is 41.3. The van der Waals surface area contributed by atoms with Crippen LogP contribution in [0.15, 0.2) is 25.3 Å². The van der Waals surface area contributed by atoms with E-state index < -0.39 is 82.9 Å². The van der Waals surface area contributed by atoms with Crippen molar-refractivity contribution in [2.75, 3.05) is 13.2 Å². The van der Waals surface area contributed by atoms with Crippen LogP contribution in [0.3, 0.4) is 0 Å². The quantitative estimate of drug-likeness (QED) is 0.271. The first kappa shape index (κ1) is 28.0. The maximum absolute atomic E-state index is 15.6. The first-order valence-electron chi connectivity index (χ1n) is 9.14. The Bertz CT molecular complexity index is 938. The molecular weight excluding hydrogens is 546 g/mol. The standard InChI is InChI=1S/C18H10F14O4/c1-3-7(33)35-5-9-13(21,22)10(6-36-8(34)4-2)16(27,28)11(19,14(9,23)24)18(31,32)12(20,15(9,25)26)17(10,29)30/h3-4H,1-2,5-6H2. The molecule has 0 unspecified atom stereocenters. The minimum atomic E-state index is -7.78. The van der Waals surface area contributed by atoms with Crippen LogP contribution in [-0.4, -0.2) is 72.0 Å². The fourth-order valence-electron chi connectivity index (χ4n) is 5.16. The Morgan fingerprint density at radius 2 is 0.750 bits per heavy atom. The molecule has 204 valence electrons. The maximum Gasteiger partial charge on any atom is 0.338 e. The zero-order valence-corrected chi connectivity index (χ0v) is 16.9. The number of hydrogen-bond donors (Lipinski definition) is 0. The second-order valence-corrected chi connectivity index (χ2v) is 8.20. The van der Waals surface area contributed by atoms with Gasteiger partial charge in [0.15, 0.2) is 0 Å². The number of esters is 2. The van der Waals surface area contributed by atoms with Crippen molar-refractivity contribution in [2.45, 2.75) is 46.9 Å². The van der Waals surface area contributed by atoms with E-state index in [1.807, 2.05) is 0 Å². The van der Waals surface area contributed by atoms with Crippen molar-refractivity contribution >= 4 is 11.9 Å². The third-order valence-corrected chi connectivity index (χ3v) is 7.01. The molecule has 4 nitrogen and oxygen atoms in total. The molecule has 4 fully saturated rings. The summed E-state index contributed by atoms with van der Waals surface area (Å²) >= 11 is 0. The van der Waals surface area contributed by atoms with Gasteiger partial charge >= 0.3 is 52.9 Å².